The van der Waals surface area contributed by atoms with Crippen LogP contribution in [-0.4, -0.2) is 35.9 Å². The molecule has 0 saturated heterocycles. The Morgan fingerprint density at radius 2 is 2.17 bits per heavy atom. The van der Waals surface area contributed by atoms with Gasteiger partial charge in [-0.15, -0.1) is 0 Å². The second kappa shape index (κ2) is 6.61. The van der Waals surface area contributed by atoms with E-state index in [0.717, 1.165) is 0 Å². The summed E-state index contributed by atoms with van der Waals surface area (Å²) in [5.74, 6) is -0.611. The van der Waals surface area contributed by atoms with Gasteiger partial charge in [0.1, 0.15) is 6.10 Å². The summed E-state index contributed by atoms with van der Waals surface area (Å²) in [5.41, 5.74) is 8.53. The van der Waals surface area contributed by atoms with Crippen LogP contribution in [0.2, 0.25) is 0 Å². The van der Waals surface area contributed by atoms with Crippen LogP contribution in [0.15, 0.2) is 29.4 Å². The fraction of sp³-hybridized carbons (Fsp3) is 0.364. The number of rotatable bonds is 5. The molecule has 2 N–H and O–H groups in total. The lowest BCUT2D eigenvalue weighted by Crippen LogP contribution is -2.23. The average Bonchev–Trinajstić information content (AvgIpc) is 2.43. The van der Waals surface area contributed by atoms with Gasteiger partial charge in [-0.25, -0.2) is 4.79 Å². The van der Waals surface area contributed by atoms with E-state index in [1.54, 1.807) is 12.1 Å². The molecule has 7 heteroatoms. The Hall–Kier alpha value is -2.08. The molecule has 0 fully saturated rings. The number of methoxy groups -OCH3 is 1. The number of benzene rings is 1. The SMILES string of the molecule is COC(=O)c1ccccc1C(O)C(O)CN=[N+]=[N-]. The van der Waals surface area contributed by atoms with Gasteiger partial charge in [-0.2, -0.15) is 0 Å². The van der Waals surface area contributed by atoms with Gasteiger partial charge in [0.2, 0.25) is 0 Å². The topological polar surface area (TPSA) is 116 Å². The van der Waals surface area contributed by atoms with Crippen molar-refractivity contribution < 1.29 is 19.7 Å². The highest BCUT2D eigenvalue weighted by atomic mass is 16.5. The third-order valence-corrected chi connectivity index (χ3v) is 2.38. The molecule has 96 valence electrons. The predicted octanol–water partition coefficient (Wildman–Crippen LogP) is 1.18. The van der Waals surface area contributed by atoms with Gasteiger partial charge >= 0.3 is 5.97 Å². The zero-order valence-corrected chi connectivity index (χ0v) is 9.72. The second-order valence-electron chi connectivity index (χ2n) is 3.50. The van der Waals surface area contributed by atoms with Crippen LogP contribution in [-0.2, 0) is 4.74 Å². The van der Waals surface area contributed by atoms with Crippen LogP contribution >= 0.6 is 0 Å². The van der Waals surface area contributed by atoms with Crippen LogP contribution in [0.1, 0.15) is 22.0 Å². The first-order valence-electron chi connectivity index (χ1n) is 5.16. The van der Waals surface area contributed by atoms with Gasteiger partial charge in [-0.3, -0.25) is 0 Å². The molecule has 7 nitrogen and oxygen atoms in total. The van der Waals surface area contributed by atoms with Gasteiger partial charge in [0.05, 0.1) is 25.3 Å². The van der Waals surface area contributed by atoms with Crippen molar-refractivity contribution in [3.63, 3.8) is 0 Å². The van der Waals surface area contributed by atoms with E-state index in [4.69, 9.17) is 5.53 Å². The maximum atomic E-state index is 11.5. The molecule has 0 heterocycles. The van der Waals surface area contributed by atoms with Gasteiger partial charge in [0.25, 0.3) is 0 Å². The second-order valence-corrected chi connectivity index (χ2v) is 3.50. The number of azide groups is 1. The van der Waals surface area contributed by atoms with Gasteiger partial charge in [0.15, 0.2) is 0 Å². The number of aliphatic hydroxyl groups excluding tert-OH is 2. The highest BCUT2D eigenvalue weighted by Gasteiger charge is 2.23. The minimum Gasteiger partial charge on any atom is -0.465 e. The van der Waals surface area contributed by atoms with Crippen LogP contribution in [0.25, 0.3) is 10.4 Å². The molecular weight excluding hydrogens is 238 g/mol. The molecule has 0 bridgehead atoms. The van der Waals surface area contributed by atoms with Crippen LogP contribution in [0.4, 0.5) is 0 Å². The van der Waals surface area contributed by atoms with Crippen LogP contribution in [0, 0.1) is 0 Å². The quantitative estimate of drug-likeness (QED) is 0.353. The first-order valence-corrected chi connectivity index (χ1v) is 5.16. The van der Waals surface area contributed by atoms with Crippen molar-refractivity contribution in [2.75, 3.05) is 13.7 Å². The molecule has 18 heavy (non-hydrogen) atoms. The van der Waals surface area contributed by atoms with Gasteiger partial charge in [-0.05, 0) is 17.2 Å². The fourth-order valence-corrected chi connectivity index (χ4v) is 1.48. The average molecular weight is 251 g/mol. The maximum Gasteiger partial charge on any atom is 0.338 e. The van der Waals surface area contributed by atoms with E-state index >= 15 is 0 Å². The van der Waals surface area contributed by atoms with E-state index in [2.05, 4.69) is 14.8 Å². The van der Waals surface area contributed by atoms with Crippen molar-refractivity contribution >= 4 is 5.97 Å². The van der Waals surface area contributed by atoms with Crippen LogP contribution < -0.4 is 0 Å². The minimum absolute atomic E-state index is 0.160. The smallest absolute Gasteiger partial charge is 0.338 e. The number of carbonyl (C=O) groups excluding carboxylic acids is 1. The summed E-state index contributed by atoms with van der Waals surface area (Å²) in [7, 11) is 1.22. The molecule has 1 rings (SSSR count). The summed E-state index contributed by atoms with van der Waals surface area (Å²) in [6.45, 7) is -0.285. The Labute approximate surface area is 103 Å². The summed E-state index contributed by atoms with van der Waals surface area (Å²) < 4.78 is 4.57. The highest BCUT2D eigenvalue weighted by Crippen LogP contribution is 2.22. The van der Waals surface area contributed by atoms with E-state index in [-0.39, 0.29) is 17.7 Å². The number of ether oxygens (including phenoxy) is 1. The lowest BCUT2D eigenvalue weighted by atomic mass is 9.98. The Morgan fingerprint density at radius 1 is 1.50 bits per heavy atom. The van der Waals surface area contributed by atoms with Crippen molar-refractivity contribution in [3.8, 4) is 0 Å². The van der Waals surface area contributed by atoms with Gasteiger partial charge in [0, 0.05) is 4.91 Å². The summed E-state index contributed by atoms with van der Waals surface area (Å²) in [6, 6.07) is 6.20. The molecule has 0 spiro atoms. The maximum absolute atomic E-state index is 11.5. The van der Waals surface area contributed by atoms with Crippen molar-refractivity contribution in [1.82, 2.24) is 0 Å². The normalized spacial score (nSPS) is 13.3. The summed E-state index contributed by atoms with van der Waals surface area (Å²) in [6.07, 6.45) is -2.61. The first kappa shape index (κ1) is 14.0. The molecule has 0 radical (unpaired) electrons. The zero-order chi connectivity index (χ0) is 13.5. The van der Waals surface area contributed by atoms with Crippen molar-refractivity contribution in [3.05, 3.63) is 45.8 Å². The number of esters is 1. The largest absolute Gasteiger partial charge is 0.465 e. The summed E-state index contributed by atoms with van der Waals surface area (Å²) in [5, 5.41) is 22.7. The molecule has 0 aliphatic heterocycles. The van der Waals surface area contributed by atoms with E-state index in [9.17, 15) is 15.0 Å². The standard InChI is InChI=1S/C11H13N3O4/c1-18-11(17)8-5-3-2-4-7(8)10(16)9(15)6-13-14-12/h2-5,9-10,15-16H,6H2,1H3. The number of hydrogen-bond acceptors (Lipinski definition) is 5. The van der Waals surface area contributed by atoms with Gasteiger partial charge in [-0.1, -0.05) is 23.3 Å². The number of aliphatic hydroxyl groups is 2. The zero-order valence-electron chi connectivity index (χ0n) is 9.72. The fourth-order valence-electron chi connectivity index (χ4n) is 1.48. The Balaban J connectivity index is 3.01. The molecule has 0 aliphatic carbocycles. The Kier molecular flexibility index (Phi) is 5.13. The van der Waals surface area contributed by atoms with E-state index in [1.807, 2.05) is 0 Å². The van der Waals surface area contributed by atoms with E-state index < -0.39 is 18.2 Å². The number of carbonyl (C=O) groups is 1. The minimum atomic E-state index is -1.33. The predicted molar refractivity (Wildman–Crippen MR) is 62.8 cm³/mol. The van der Waals surface area contributed by atoms with Crippen LogP contribution in [0.3, 0.4) is 0 Å². The Morgan fingerprint density at radius 3 is 2.78 bits per heavy atom. The number of hydrogen-bond donors (Lipinski definition) is 2. The monoisotopic (exact) mass is 251 g/mol. The lowest BCUT2D eigenvalue weighted by molar-refractivity contribution is 0.0229. The van der Waals surface area contributed by atoms with Crippen molar-refractivity contribution in [2.45, 2.75) is 12.2 Å². The van der Waals surface area contributed by atoms with Crippen molar-refractivity contribution in [2.24, 2.45) is 5.11 Å². The molecule has 0 amide bonds. The molecule has 0 aromatic heterocycles. The summed E-state index contributed by atoms with van der Waals surface area (Å²) in [4.78, 5) is 14.0. The molecule has 1 aromatic rings. The van der Waals surface area contributed by atoms with E-state index in [1.165, 1.54) is 19.2 Å². The van der Waals surface area contributed by atoms with E-state index in [0.29, 0.717) is 0 Å². The Bertz CT molecular complexity index is 471. The van der Waals surface area contributed by atoms with Gasteiger partial charge < -0.3 is 14.9 Å². The molecule has 0 aliphatic rings. The molecule has 0 saturated carbocycles. The highest BCUT2D eigenvalue weighted by molar-refractivity contribution is 5.91. The van der Waals surface area contributed by atoms with Crippen molar-refractivity contribution in [1.29, 1.82) is 0 Å². The third kappa shape index (κ3) is 3.21. The number of nitrogens with zero attached hydrogens (tertiary/aromatic N) is 3. The first-order chi connectivity index (χ1) is 8.61. The molecule has 1 aromatic carbocycles. The summed E-state index contributed by atoms with van der Waals surface area (Å²) >= 11 is 0. The van der Waals surface area contributed by atoms with Crippen LogP contribution in [0.5, 0.6) is 0 Å². The third-order valence-electron chi connectivity index (χ3n) is 2.38. The molecule has 2 atom stereocenters. The lowest BCUT2D eigenvalue weighted by Gasteiger charge is -2.18. The molecular formula is C11H13N3O4. The molecule has 2 unspecified atom stereocenters.